The molecule has 0 radical (unpaired) electrons. The second-order valence-corrected chi connectivity index (χ2v) is 4.73. The molecule has 0 aliphatic rings. The number of aromatic nitrogens is 1. The summed E-state index contributed by atoms with van der Waals surface area (Å²) in [5.41, 5.74) is 2.77. The van der Waals surface area contributed by atoms with E-state index in [1.165, 1.54) is 4.88 Å². The molecule has 2 N–H and O–H groups in total. The fourth-order valence-corrected chi connectivity index (χ4v) is 1.80. The molecule has 3 nitrogen and oxygen atoms in total. The molecule has 0 saturated carbocycles. The number of hydrogen-bond donors (Lipinski definition) is 2. The third-order valence-electron chi connectivity index (χ3n) is 2.65. The Morgan fingerprint density at radius 2 is 2.36 bits per heavy atom. The van der Waals surface area contributed by atoms with E-state index in [2.05, 4.69) is 17.2 Å². The zero-order valence-electron chi connectivity index (χ0n) is 9.00. The van der Waals surface area contributed by atoms with Crippen molar-refractivity contribution in [1.82, 2.24) is 10.3 Å². The lowest BCUT2D eigenvalue weighted by Crippen LogP contribution is -2.44. The number of aryl methyl sites for hydroxylation is 1. The molecule has 0 bridgehead atoms. The van der Waals surface area contributed by atoms with E-state index in [0.717, 1.165) is 18.7 Å². The molecular formula is C10H18N2OS. The zero-order chi connectivity index (χ0) is 10.6. The van der Waals surface area contributed by atoms with E-state index in [-0.39, 0.29) is 12.1 Å². The monoisotopic (exact) mass is 214 g/mol. The van der Waals surface area contributed by atoms with Crippen LogP contribution in [-0.4, -0.2) is 22.2 Å². The van der Waals surface area contributed by atoms with Crippen LogP contribution < -0.4 is 5.32 Å². The van der Waals surface area contributed by atoms with Gasteiger partial charge in [0.1, 0.15) is 0 Å². The first-order chi connectivity index (χ1) is 6.61. The van der Waals surface area contributed by atoms with E-state index in [1.807, 2.05) is 19.4 Å². The molecule has 4 heteroatoms. The lowest BCUT2D eigenvalue weighted by Gasteiger charge is -2.27. The molecule has 1 atom stereocenters. The Labute approximate surface area is 89.2 Å². The summed E-state index contributed by atoms with van der Waals surface area (Å²) in [5, 5.41) is 12.6. The Morgan fingerprint density at radius 1 is 1.64 bits per heavy atom. The maximum absolute atomic E-state index is 9.21. The summed E-state index contributed by atoms with van der Waals surface area (Å²) in [5.74, 6) is 0. The topological polar surface area (TPSA) is 45.1 Å². The van der Waals surface area contributed by atoms with Gasteiger partial charge in [-0.2, -0.15) is 0 Å². The molecule has 1 rings (SSSR count). The van der Waals surface area contributed by atoms with Crippen LogP contribution in [0.2, 0.25) is 0 Å². The van der Waals surface area contributed by atoms with E-state index < -0.39 is 0 Å². The molecule has 0 aromatic carbocycles. The molecule has 0 aliphatic heterocycles. The van der Waals surface area contributed by atoms with Gasteiger partial charge in [-0.25, -0.2) is 4.98 Å². The molecule has 0 aliphatic carbocycles. The van der Waals surface area contributed by atoms with Gasteiger partial charge in [0.05, 0.1) is 17.8 Å². The van der Waals surface area contributed by atoms with Gasteiger partial charge in [-0.1, -0.05) is 6.92 Å². The van der Waals surface area contributed by atoms with Gasteiger partial charge in [0.25, 0.3) is 0 Å². The highest BCUT2D eigenvalue weighted by Gasteiger charge is 2.20. The van der Waals surface area contributed by atoms with Gasteiger partial charge in [0, 0.05) is 17.0 Å². The van der Waals surface area contributed by atoms with Gasteiger partial charge in [0.2, 0.25) is 0 Å². The summed E-state index contributed by atoms with van der Waals surface area (Å²) >= 11 is 1.66. The molecule has 0 saturated heterocycles. The van der Waals surface area contributed by atoms with Crippen molar-refractivity contribution in [3.63, 3.8) is 0 Å². The minimum Gasteiger partial charge on any atom is -0.394 e. The quantitative estimate of drug-likeness (QED) is 0.784. The van der Waals surface area contributed by atoms with Crippen molar-refractivity contribution in [3.8, 4) is 0 Å². The van der Waals surface area contributed by atoms with E-state index in [9.17, 15) is 5.11 Å². The Morgan fingerprint density at radius 3 is 2.79 bits per heavy atom. The number of aliphatic hydroxyl groups is 1. The predicted octanol–water partition coefficient (Wildman–Crippen LogP) is 1.70. The van der Waals surface area contributed by atoms with Gasteiger partial charge < -0.3 is 10.4 Å². The SMILES string of the molecule is CCC(C)(CO)NCc1scnc1C. The first-order valence-electron chi connectivity index (χ1n) is 4.86. The van der Waals surface area contributed by atoms with Gasteiger partial charge in [-0.15, -0.1) is 11.3 Å². The number of nitrogens with zero attached hydrogens (tertiary/aromatic N) is 1. The lowest BCUT2D eigenvalue weighted by atomic mass is 10.0. The van der Waals surface area contributed by atoms with Gasteiger partial charge >= 0.3 is 0 Å². The van der Waals surface area contributed by atoms with Crippen molar-refractivity contribution >= 4 is 11.3 Å². The highest BCUT2D eigenvalue weighted by molar-refractivity contribution is 7.09. The van der Waals surface area contributed by atoms with E-state index in [0.29, 0.717) is 0 Å². The molecule has 1 heterocycles. The lowest BCUT2D eigenvalue weighted by molar-refractivity contribution is 0.169. The maximum atomic E-state index is 9.21. The van der Waals surface area contributed by atoms with E-state index in [4.69, 9.17) is 0 Å². The molecule has 14 heavy (non-hydrogen) atoms. The predicted molar refractivity (Wildman–Crippen MR) is 59.5 cm³/mol. The molecule has 0 spiro atoms. The first kappa shape index (κ1) is 11.6. The highest BCUT2D eigenvalue weighted by Crippen LogP contribution is 2.14. The second-order valence-electron chi connectivity index (χ2n) is 3.79. The van der Waals surface area contributed by atoms with E-state index >= 15 is 0 Å². The minimum absolute atomic E-state index is 0.168. The summed E-state index contributed by atoms with van der Waals surface area (Å²) in [4.78, 5) is 5.43. The van der Waals surface area contributed by atoms with Crippen molar-refractivity contribution in [2.45, 2.75) is 39.3 Å². The fourth-order valence-electron chi connectivity index (χ4n) is 1.08. The average molecular weight is 214 g/mol. The normalized spacial score (nSPS) is 15.4. The minimum atomic E-state index is -0.170. The van der Waals surface area contributed by atoms with Crippen LogP contribution in [0.25, 0.3) is 0 Å². The van der Waals surface area contributed by atoms with Crippen molar-refractivity contribution < 1.29 is 5.11 Å². The summed E-state index contributed by atoms with van der Waals surface area (Å²) in [6, 6.07) is 0. The van der Waals surface area contributed by atoms with E-state index in [1.54, 1.807) is 11.3 Å². The smallest absolute Gasteiger partial charge is 0.0798 e. The standard InChI is InChI=1S/C10H18N2OS/c1-4-10(3,6-13)12-5-9-8(2)11-7-14-9/h7,12-13H,4-6H2,1-3H3. The van der Waals surface area contributed by atoms with Crippen LogP contribution >= 0.6 is 11.3 Å². The van der Waals surface area contributed by atoms with Crippen molar-refractivity contribution in [1.29, 1.82) is 0 Å². The van der Waals surface area contributed by atoms with Gasteiger partial charge in [0.15, 0.2) is 0 Å². The molecule has 1 aromatic heterocycles. The van der Waals surface area contributed by atoms with Crippen LogP contribution in [0.1, 0.15) is 30.8 Å². The summed E-state index contributed by atoms with van der Waals surface area (Å²) in [7, 11) is 0. The third kappa shape index (κ3) is 2.77. The molecule has 1 aromatic rings. The fraction of sp³-hybridized carbons (Fsp3) is 0.700. The average Bonchev–Trinajstić information content (AvgIpc) is 2.61. The Hall–Kier alpha value is -0.450. The Kier molecular flexibility index (Phi) is 4.04. The first-order valence-corrected chi connectivity index (χ1v) is 5.74. The van der Waals surface area contributed by atoms with Gasteiger partial charge in [-0.3, -0.25) is 0 Å². The molecule has 0 fully saturated rings. The van der Waals surface area contributed by atoms with Crippen LogP contribution in [0.3, 0.4) is 0 Å². The number of rotatable bonds is 5. The summed E-state index contributed by atoms with van der Waals surface area (Å²) < 4.78 is 0. The zero-order valence-corrected chi connectivity index (χ0v) is 9.82. The summed E-state index contributed by atoms with van der Waals surface area (Å²) in [6.07, 6.45) is 0.918. The van der Waals surface area contributed by atoms with Crippen LogP contribution in [0.5, 0.6) is 0 Å². The maximum Gasteiger partial charge on any atom is 0.0798 e. The molecule has 80 valence electrons. The largest absolute Gasteiger partial charge is 0.394 e. The number of thiazole rings is 1. The highest BCUT2D eigenvalue weighted by atomic mass is 32.1. The second kappa shape index (κ2) is 4.87. The molecule has 0 amide bonds. The Balaban J connectivity index is 2.52. The van der Waals surface area contributed by atoms with Crippen LogP contribution in [0.15, 0.2) is 5.51 Å². The number of nitrogens with one attached hydrogen (secondary N) is 1. The van der Waals surface area contributed by atoms with Crippen LogP contribution in [-0.2, 0) is 6.54 Å². The third-order valence-corrected chi connectivity index (χ3v) is 3.58. The van der Waals surface area contributed by atoms with Crippen LogP contribution in [0.4, 0.5) is 0 Å². The number of aliphatic hydroxyl groups excluding tert-OH is 1. The molecule has 1 unspecified atom stereocenters. The molecular weight excluding hydrogens is 196 g/mol. The summed E-state index contributed by atoms with van der Waals surface area (Å²) in [6.45, 7) is 7.07. The van der Waals surface area contributed by atoms with Crippen molar-refractivity contribution in [2.75, 3.05) is 6.61 Å². The van der Waals surface area contributed by atoms with Crippen LogP contribution in [0, 0.1) is 6.92 Å². The van der Waals surface area contributed by atoms with Crippen molar-refractivity contribution in [3.05, 3.63) is 16.1 Å². The number of hydrogen-bond acceptors (Lipinski definition) is 4. The van der Waals surface area contributed by atoms with Gasteiger partial charge in [-0.05, 0) is 20.3 Å². The Bertz CT molecular complexity index is 281. The van der Waals surface area contributed by atoms with Crippen molar-refractivity contribution in [2.24, 2.45) is 0 Å².